The summed E-state index contributed by atoms with van der Waals surface area (Å²) < 4.78 is 0. The van der Waals surface area contributed by atoms with Crippen LogP contribution in [0.5, 0.6) is 0 Å². The van der Waals surface area contributed by atoms with Crippen LogP contribution in [0.3, 0.4) is 0 Å². The van der Waals surface area contributed by atoms with Gasteiger partial charge >= 0.3 is 0 Å². The van der Waals surface area contributed by atoms with Gasteiger partial charge in [0.15, 0.2) is 8.32 Å². The van der Waals surface area contributed by atoms with Gasteiger partial charge in [0.2, 0.25) is 0 Å². The Labute approximate surface area is 322 Å². The van der Waals surface area contributed by atoms with Crippen molar-refractivity contribution in [3.05, 3.63) is 22.3 Å². The fourth-order valence-corrected chi connectivity index (χ4v) is 0. The van der Waals surface area contributed by atoms with Crippen LogP contribution in [0.4, 0.5) is 0 Å². The summed E-state index contributed by atoms with van der Waals surface area (Å²) >= 11 is 3.53. The smallest absolute Gasteiger partial charge is 0.300 e. The molecule has 10 heteroatoms. The van der Waals surface area contributed by atoms with Gasteiger partial charge in [-0.1, -0.05) is 95.8 Å². The van der Waals surface area contributed by atoms with Crippen molar-refractivity contribution in [2.75, 3.05) is 27.5 Å². The Morgan fingerprint density at radius 3 is 0.673 bits per heavy atom. The second kappa shape index (κ2) is 62.2. The van der Waals surface area contributed by atoms with Crippen molar-refractivity contribution < 1.29 is 24.6 Å². The van der Waals surface area contributed by atoms with Gasteiger partial charge in [-0.2, -0.15) is 12.6 Å². The van der Waals surface area contributed by atoms with E-state index >= 15 is 0 Å². The number of aliphatic carboxylic acids is 1. The van der Waals surface area contributed by atoms with E-state index in [9.17, 15) is 4.79 Å². The lowest BCUT2D eigenvalue weighted by Gasteiger charge is -2.05. The molecule has 0 aliphatic carbocycles. The summed E-state index contributed by atoms with van der Waals surface area (Å²) in [6.45, 7) is 53.4. The number of carboxylic acids is 1. The average Bonchev–Trinajstić information content (AvgIpc) is 2.79. The summed E-state index contributed by atoms with van der Waals surface area (Å²) in [7, 11) is 2.39. The molecule has 0 amide bonds. The highest BCUT2D eigenvalue weighted by molar-refractivity contribution is 7.79. The van der Waals surface area contributed by atoms with Crippen molar-refractivity contribution in [1.82, 2.24) is 5.32 Å². The van der Waals surface area contributed by atoms with Gasteiger partial charge < -0.3 is 25.1 Å². The highest BCUT2D eigenvalue weighted by Crippen LogP contribution is 2.08. The van der Waals surface area contributed by atoms with Crippen molar-refractivity contribution in [2.45, 2.75) is 176 Å². The maximum Gasteiger partial charge on any atom is 0.300 e. The summed E-state index contributed by atoms with van der Waals surface area (Å²) in [5, 5.41) is 17.2. The summed E-state index contributed by atoms with van der Waals surface area (Å²) in [5.41, 5.74) is 6.20. The van der Waals surface area contributed by atoms with Gasteiger partial charge in [-0.05, 0) is 122 Å². The van der Waals surface area contributed by atoms with Gasteiger partial charge in [0.25, 0.3) is 5.97 Å². The molecule has 0 aliphatic rings. The van der Waals surface area contributed by atoms with E-state index in [0.29, 0.717) is 5.41 Å². The molecule has 0 spiro atoms. The number of carboxylic acid groups (broad SMARTS) is 1. The maximum absolute atomic E-state index is 9.44. The van der Waals surface area contributed by atoms with Gasteiger partial charge in [-0.3, -0.25) is 4.79 Å². The van der Waals surface area contributed by atoms with Crippen LogP contribution in [0.15, 0.2) is 22.3 Å². The number of hydrogen-bond donors (Lipinski definition) is 5. The van der Waals surface area contributed by atoms with Crippen LogP contribution in [-0.2, 0) is 9.59 Å². The molecule has 0 rings (SSSR count). The van der Waals surface area contributed by atoms with Gasteiger partial charge in [0.1, 0.15) is 5.78 Å². The number of terminal acetylenes is 1. The van der Waals surface area contributed by atoms with E-state index in [-0.39, 0.29) is 14.6 Å². The van der Waals surface area contributed by atoms with Crippen LogP contribution < -0.4 is 5.32 Å². The Morgan fingerprint density at radius 2 is 0.673 bits per heavy atom. The largest absolute Gasteiger partial charge is 0.481 e. The normalized spacial score (nSPS) is 8.18. The van der Waals surface area contributed by atoms with Crippen LogP contribution in [0.1, 0.15) is 111 Å². The number of rotatable bonds is 0. The highest BCUT2D eigenvalue weighted by atomic mass is 32.1. The van der Waals surface area contributed by atoms with Crippen LogP contribution in [0, 0.1) is 17.8 Å². The molecular weight excluding hydrogens is 679 g/mol. The molecule has 0 heterocycles. The fraction of sp³-hybridized carbons (Fsp3) is 0.795. The molecule has 0 aromatic carbocycles. The zero-order chi connectivity index (χ0) is 44.0. The quantitative estimate of drug-likeness (QED) is 0.0726. The lowest BCUT2D eigenvalue weighted by molar-refractivity contribution is -0.134. The molecule has 0 saturated heterocycles. The molecule has 4 N–H and O–H groups in total. The van der Waals surface area contributed by atoms with E-state index in [2.05, 4.69) is 159 Å². The summed E-state index contributed by atoms with van der Waals surface area (Å²) in [6.07, 6.45) is 6.29. The maximum atomic E-state index is 9.44. The monoisotopic (exact) mass is 776 g/mol. The molecule has 0 aliphatic heterocycles. The average molecular weight is 777 g/mol. The summed E-state index contributed by atoms with van der Waals surface area (Å²) in [6, 6.07) is 0. The van der Waals surface area contributed by atoms with Crippen molar-refractivity contribution in [2.24, 2.45) is 5.41 Å². The SMILES string of the molecule is C#CC.CC(=O)O.CC(C)(C)C.CC(C)=C(C)C.CC(C)=C(C)C.CC(C)=O.CNC.CO.CS.C[SiH](C)C.C[Si](C)(C)C.C[Si](C)(C)O. The number of aliphatic hydroxyl groups is 1. The first-order chi connectivity index (χ1) is 21.3. The summed E-state index contributed by atoms with van der Waals surface area (Å²) in [5.74, 6) is 1.58. The molecule has 49 heavy (non-hydrogen) atoms. The highest BCUT2D eigenvalue weighted by Gasteiger charge is 2.03. The third kappa shape index (κ3) is 1920. The molecule has 0 saturated carbocycles. The zero-order valence-electron chi connectivity index (χ0n) is 39.3. The Hall–Kier alpha value is -0.939. The fourth-order valence-electron chi connectivity index (χ4n) is 0. The number of Topliss-reactive ketones (excluding diaryl/α,β-unsaturated/α-hetero) is 1. The van der Waals surface area contributed by atoms with Gasteiger partial charge in [-0.25, -0.2) is 0 Å². The summed E-state index contributed by atoms with van der Waals surface area (Å²) in [4.78, 5) is 27.1. The van der Waals surface area contributed by atoms with E-state index in [4.69, 9.17) is 19.8 Å². The second-order valence-corrected chi connectivity index (χ2v) is 29.9. The Kier molecular flexibility index (Phi) is 104. The van der Waals surface area contributed by atoms with Crippen LogP contribution >= 0.6 is 12.6 Å². The van der Waals surface area contributed by atoms with E-state index in [1.54, 1.807) is 13.2 Å². The van der Waals surface area contributed by atoms with E-state index in [0.717, 1.165) is 14.0 Å². The van der Waals surface area contributed by atoms with E-state index < -0.39 is 22.4 Å². The third-order valence-corrected chi connectivity index (χ3v) is 2.00. The number of thiol groups is 1. The number of aliphatic hydroxyl groups excluding tert-OH is 1. The van der Waals surface area contributed by atoms with Crippen LogP contribution in [0.2, 0.25) is 65.5 Å². The number of carbonyl (C=O) groups is 2. The number of nitrogens with one attached hydrogen (secondary N) is 1. The minimum absolute atomic E-state index is 0.139. The number of allylic oxidation sites excluding steroid dienone is 4. The predicted molar refractivity (Wildman–Crippen MR) is 246 cm³/mol. The molecule has 6 nitrogen and oxygen atoms in total. The Bertz CT molecular complexity index is 600. The van der Waals surface area contributed by atoms with Gasteiger partial charge in [-0.15, -0.1) is 12.3 Å². The molecule has 0 aromatic rings. The lowest BCUT2D eigenvalue weighted by atomic mass is 10.0. The third-order valence-electron chi connectivity index (χ3n) is 2.00. The second-order valence-electron chi connectivity index (χ2n) is 16.1. The molecule has 0 bridgehead atoms. The first kappa shape index (κ1) is 81.9. The molecule has 0 aromatic heterocycles. The zero-order valence-corrected chi connectivity index (χ0v) is 43.3. The standard InChI is InChI=1S/2C6H12.C5H12.C4H12Si.C3H10OSi.C3H6O.C3H10Si.C3H4.C2H7N.C2H4O2.CH4O.CH4S/c2*1-5(2)6(3)4;3*1-5(2,3)4;1-3(2)4;1-4(2)3;2*1-3-2;1-2(3)4;2*1-2/h2*1-4H3;2*1-4H3;4H,1-3H3;1-2H3;4H,1-3H3;1H,2H3;3H,1-2H3;1H3,(H,3,4);2*2H,1H3. The van der Waals surface area contributed by atoms with Crippen molar-refractivity contribution in [3.8, 4) is 12.3 Å². The topological polar surface area (TPSA) is 107 Å². The first-order valence-electron chi connectivity index (χ1n) is 16.8. The van der Waals surface area contributed by atoms with E-state index in [1.165, 1.54) is 36.1 Å². The van der Waals surface area contributed by atoms with Gasteiger partial charge in [0, 0.05) is 30.9 Å². The Morgan fingerprint density at radius 1 is 0.653 bits per heavy atom. The molecule has 0 unspecified atom stereocenters. The van der Waals surface area contributed by atoms with E-state index in [1.807, 2.05) is 33.7 Å². The molecule has 0 atom stereocenters. The first-order valence-corrected chi connectivity index (χ1v) is 28.6. The molecule has 0 radical (unpaired) electrons. The van der Waals surface area contributed by atoms with Crippen molar-refractivity contribution in [1.29, 1.82) is 0 Å². The molecule has 0 fully saturated rings. The number of ketones is 1. The predicted octanol–water partition coefficient (Wildman–Crippen LogP) is 12.0. The van der Waals surface area contributed by atoms with Crippen molar-refractivity contribution in [3.63, 3.8) is 0 Å². The lowest BCUT2D eigenvalue weighted by Crippen LogP contribution is -2.17. The van der Waals surface area contributed by atoms with Crippen LogP contribution in [0.25, 0.3) is 0 Å². The number of hydrogen-bond acceptors (Lipinski definition) is 6. The van der Waals surface area contributed by atoms with Crippen molar-refractivity contribution >= 4 is 49.6 Å². The minimum atomic E-state index is -1.61. The number of carbonyl (C=O) groups excluding carboxylic acids is 1. The molecule has 306 valence electrons. The van der Waals surface area contributed by atoms with Gasteiger partial charge in [0.05, 0.1) is 0 Å². The molecular formula is C39H97NO5SSi3. The minimum Gasteiger partial charge on any atom is -0.481 e. The van der Waals surface area contributed by atoms with Crippen LogP contribution in [-0.4, -0.2) is 79.4 Å². The Balaban J connectivity index is -0.0000000309.